The molecule has 0 aliphatic heterocycles. The molecule has 0 atom stereocenters. The second kappa shape index (κ2) is 8.58. The van der Waals surface area contributed by atoms with E-state index in [1.807, 2.05) is 0 Å². The van der Waals surface area contributed by atoms with E-state index in [9.17, 15) is 18.0 Å². The summed E-state index contributed by atoms with van der Waals surface area (Å²) in [5, 5.41) is 3.26. The molecule has 0 aliphatic rings. The first-order valence-electron chi connectivity index (χ1n) is 7.32. The smallest absolute Gasteiger partial charge is 0.422 e. The fourth-order valence-corrected chi connectivity index (χ4v) is 2.03. The summed E-state index contributed by atoms with van der Waals surface area (Å²) in [5.74, 6) is -0.225. The summed E-state index contributed by atoms with van der Waals surface area (Å²) >= 11 is 5.78. The first-order chi connectivity index (χ1) is 11.8. The Morgan fingerprint density at radius 1 is 1.16 bits per heavy atom. The standard InChI is InChI=1S/C18H15ClF3NO2/c19-15-7-4-13(5-8-15)6-9-17(24)23-11-14-2-1-3-16(10-14)25-12-18(20,21)22/h1-10H,11-12H2,(H,23,24)/b9-6+. The Hall–Kier alpha value is -2.47. The molecule has 0 radical (unpaired) electrons. The van der Waals surface area contributed by atoms with Crippen LogP contribution in [0.4, 0.5) is 13.2 Å². The van der Waals surface area contributed by atoms with Gasteiger partial charge in [0.1, 0.15) is 5.75 Å². The van der Waals surface area contributed by atoms with Gasteiger partial charge < -0.3 is 10.1 Å². The summed E-state index contributed by atoms with van der Waals surface area (Å²) in [4.78, 5) is 11.8. The van der Waals surface area contributed by atoms with Crippen molar-refractivity contribution in [3.63, 3.8) is 0 Å². The molecule has 3 nitrogen and oxygen atoms in total. The minimum absolute atomic E-state index is 0.0979. The molecule has 0 fully saturated rings. The predicted octanol–water partition coefficient (Wildman–Crippen LogP) is 4.61. The van der Waals surface area contributed by atoms with Gasteiger partial charge in [0.25, 0.3) is 0 Å². The number of rotatable bonds is 6. The Morgan fingerprint density at radius 3 is 2.56 bits per heavy atom. The van der Waals surface area contributed by atoms with Crippen molar-refractivity contribution in [1.82, 2.24) is 5.32 Å². The molecule has 0 bridgehead atoms. The number of hydrogen-bond acceptors (Lipinski definition) is 2. The molecule has 0 heterocycles. The molecule has 0 spiro atoms. The maximum absolute atomic E-state index is 12.1. The van der Waals surface area contributed by atoms with Crippen molar-refractivity contribution in [1.29, 1.82) is 0 Å². The molecule has 132 valence electrons. The number of hydrogen-bond donors (Lipinski definition) is 1. The molecule has 1 amide bonds. The number of ether oxygens (including phenoxy) is 1. The van der Waals surface area contributed by atoms with Crippen LogP contribution in [0.5, 0.6) is 5.75 Å². The molecule has 1 N–H and O–H groups in total. The quantitative estimate of drug-likeness (QED) is 0.755. The van der Waals surface area contributed by atoms with Gasteiger partial charge in [0, 0.05) is 17.6 Å². The van der Waals surface area contributed by atoms with Crippen molar-refractivity contribution >= 4 is 23.6 Å². The molecule has 7 heteroatoms. The third-order valence-electron chi connectivity index (χ3n) is 3.06. The normalized spacial score (nSPS) is 11.5. The molecular weight excluding hydrogens is 355 g/mol. The minimum atomic E-state index is -4.39. The average molecular weight is 370 g/mol. The first-order valence-corrected chi connectivity index (χ1v) is 7.69. The molecule has 0 saturated carbocycles. The third kappa shape index (κ3) is 7.30. The number of carbonyl (C=O) groups is 1. The van der Waals surface area contributed by atoms with Crippen LogP contribution in [0.3, 0.4) is 0 Å². The summed E-state index contributed by atoms with van der Waals surface area (Å²) in [6, 6.07) is 13.1. The molecule has 25 heavy (non-hydrogen) atoms. The molecule has 0 aromatic heterocycles. The zero-order valence-corrected chi connectivity index (χ0v) is 13.8. The number of amides is 1. The third-order valence-corrected chi connectivity index (χ3v) is 3.32. The Balaban J connectivity index is 1.86. The Labute approximate surface area is 148 Å². The number of benzene rings is 2. The second-order valence-electron chi connectivity index (χ2n) is 5.15. The highest BCUT2D eigenvalue weighted by Crippen LogP contribution is 2.19. The van der Waals surface area contributed by atoms with E-state index in [2.05, 4.69) is 10.1 Å². The van der Waals surface area contributed by atoms with Crippen LogP contribution in [0.2, 0.25) is 5.02 Å². The lowest BCUT2D eigenvalue weighted by Gasteiger charge is -2.10. The fraction of sp³-hybridized carbons (Fsp3) is 0.167. The topological polar surface area (TPSA) is 38.3 Å². The number of carbonyl (C=O) groups excluding carboxylic acids is 1. The van der Waals surface area contributed by atoms with E-state index in [0.29, 0.717) is 10.6 Å². The summed E-state index contributed by atoms with van der Waals surface area (Å²) in [6.45, 7) is -1.18. The zero-order valence-electron chi connectivity index (χ0n) is 13.0. The van der Waals surface area contributed by atoms with Gasteiger partial charge in [0.05, 0.1) is 0 Å². The van der Waals surface area contributed by atoms with Crippen molar-refractivity contribution in [3.05, 3.63) is 70.8 Å². The number of nitrogens with one attached hydrogen (secondary N) is 1. The van der Waals surface area contributed by atoms with E-state index in [1.165, 1.54) is 18.2 Å². The number of alkyl halides is 3. The molecule has 2 aromatic carbocycles. The largest absolute Gasteiger partial charge is 0.484 e. The van der Waals surface area contributed by atoms with Crippen LogP contribution in [-0.2, 0) is 11.3 Å². The van der Waals surface area contributed by atoms with Crippen molar-refractivity contribution in [2.24, 2.45) is 0 Å². The molecule has 0 aliphatic carbocycles. The van der Waals surface area contributed by atoms with Gasteiger partial charge in [0.2, 0.25) is 5.91 Å². The van der Waals surface area contributed by atoms with Gasteiger partial charge in [-0.05, 0) is 41.5 Å². The van der Waals surface area contributed by atoms with Crippen LogP contribution in [0.15, 0.2) is 54.6 Å². The lowest BCUT2D eigenvalue weighted by Crippen LogP contribution is -2.21. The SMILES string of the molecule is O=C(/C=C/c1ccc(Cl)cc1)NCc1cccc(OCC(F)(F)F)c1. The van der Waals surface area contributed by atoms with Crippen LogP contribution in [0, 0.1) is 0 Å². The highest BCUT2D eigenvalue weighted by atomic mass is 35.5. The van der Waals surface area contributed by atoms with Crippen molar-refractivity contribution < 1.29 is 22.7 Å². The zero-order chi connectivity index (χ0) is 18.3. The highest BCUT2D eigenvalue weighted by Gasteiger charge is 2.28. The van der Waals surface area contributed by atoms with E-state index in [4.69, 9.17) is 11.6 Å². The van der Waals surface area contributed by atoms with Crippen LogP contribution in [-0.4, -0.2) is 18.7 Å². The van der Waals surface area contributed by atoms with Gasteiger partial charge in [-0.2, -0.15) is 13.2 Å². The van der Waals surface area contributed by atoms with Crippen LogP contribution < -0.4 is 10.1 Å². The summed E-state index contributed by atoms with van der Waals surface area (Å²) in [5.41, 5.74) is 1.45. The second-order valence-corrected chi connectivity index (χ2v) is 5.59. The van der Waals surface area contributed by atoms with E-state index in [1.54, 1.807) is 42.5 Å². The van der Waals surface area contributed by atoms with Crippen LogP contribution >= 0.6 is 11.6 Å². The Kier molecular flexibility index (Phi) is 6.47. The van der Waals surface area contributed by atoms with Gasteiger partial charge >= 0.3 is 6.18 Å². The molecule has 0 saturated heterocycles. The first kappa shape index (κ1) is 18.9. The fourth-order valence-electron chi connectivity index (χ4n) is 1.90. The van der Waals surface area contributed by atoms with E-state index in [-0.39, 0.29) is 18.2 Å². The molecular formula is C18H15ClF3NO2. The lowest BCUT2D eigenvalue weighted by molar-refractivity contribution is -0.153. The van der Waals surface area contributed by atoms with Crippen molar-refractivity contribution in [2.75, 3.05) is 6.61 Å². The Bertz CT molecular complexity index is 743. The molecule has 2 aromatic rings. The monoisotopic (exact) mass is 369 g/mol. The molecule has 0 unspecified atom stereocenters. The maximum Gasteiger partial charge on any atom is 0.422 e. The van der Waals surface area contributed by atoms with Gasteiger partial charge in [-0.3, -0.25) is 4.79 Å². The summed E-state index contributed by atoms with van der Waals surface area (Å²) < 4.78 is 41.1. The number of halogens is 4. The lowest BCUT2D eigenvalue weighted by atomic mass is 10.2. The van der Waals surface area contributed by atoms with Crippen molar-refractivity contribution in [2.45, 2.75) is 12.7 Å². The van der Waals surface area contributed by atoms with E-state index < -0.39 is 12.8 Å². The van der Waals surface area contributed by atoms with Gasteiger partial charge in [0.15, 0.2) is 6.61 Å². The van der Waals surface area contributed by atoms with E-state index in [0.717, 1.165) is 5.56 Å². The van der Waals surface area contributed by atoms with Gasteiger partial charge in [-0.15, -0.1) is 0 Å². The van der Waals surface area contributed by atoms with Crippen LogP contribution in [0.25, 0.3) is 6.08 Å². The Morgan fingerprint density at radius 2 is 1.88 bits per heavy atom. The highest BCUT2D eigenvalue weighted by molar-refractivity contribution is 6.30. The van der Waals surface area contributed by atoms with Crippen molar-refractivity contribution in [3.8, 4) is 5.75 Å². The maximum atomic E-state index is 12.1. The minimum Gasteiger partial charge on any atom is -0.484 e. The summed E-state index contributed by atoms with van der Waals surface area (Å²) in [7, 11) is 0. The predicted molar refractivity (Wildman–Crippen MR) is 90.3 cm³/mol. The molecule has 2 rings (SSSR count). The van der Waals surface area contributed by atoms with Gasteiger partial charge in [-0.25, -0.2) is 0 Å². The van der Waals surface area contributed by atoms with E-state index >= 15 is 0 Å². The average Bonchev–Trinajstić information content (AvgIpc) is 2.57. The van der Waals surface area contributed by atoms with Crippen LogP contribution in [0.1, 0.15) is 11.1 Å². The van der Waals surface area contributed by atoms with Gasteiger partial charge in [-0.1, -0.05) is 35.9 Å². The summed E-state index contributed by atoms with van der Waals surface area (Å²) in [6.07, 6.45) is -1.39.